The van der Waals surface area contributed by atoms with Gasteiger partial charge in [0.05, 0.1) is 17.9 Å². The van der Waals surface area contributed by atoms with Crippen LogP contribution in [-0.4, -0.2) is 44.7 Å². The molecule has 1 N–H and O–H groups in total. The first-order valence-electron chi connectivity index (χ1n) is 10.5. The van der Waals surface area contributed by atoms with Crippen LogP contribution in [0.4, 0.5) is 0 Å². The van der Waals surface area contributed by atoms with Crippen LogP contribution in [0.15, 0.2) is 59.8 Å². The molecule has 0 bridgehead atoms. The Hall–Kier alpha value is -3.29. The minimum Gasteiger partial charge on any atom is -0.383 e. The summed E-state index contributed by atoms with van der Waals surface area (Å²) >= 11 is 0. The number of ether oxygens (including phenoxy) is 1. The predicted molar refractivity (Wildman–Crippen MR) is 120 cm³/mol. The molecule has 0 unspecified atom stereocenters. The summed E-state index contributed by atoms with van der Waals surface area (Å²) in [6.07, 6.45) is 6.41. The molecule has 4 heterocycles. The minimum atomic E-state index is -0.0592. The van der Waals surface area contributed by atoms with E-state index in [1.54, 1.807) is 19.5 Å². The highest BCUT2D eigenvalue weighted by atomic mass is 16.5. The fourth-order valence-electron chi connectivity index (χ4n) is 4.32. The molecular formula is C24H25N5O2. The Morgan fingerprint density at radius 3 is 2.94 bits per heavy atom. The summed E-state index contributed by atoms with van der Waals surface area (Å²) in [5, 5.41) is 1.25. The van der Waals surface area contributed by atoms with Gasteiger partial charge in [0.1, 0.15) is 5.82 Å². The minimum absolute atomic E-state index is 0.0592. The Morgan fingerprint density at radius 1 is 1.19 bits per heavy atom. The molecule has 0 amide bonds. The molecular weight excluding hydrogens is 390 g/mol. The van der Waals surface area contributed by atoms with Gasteiger partial charge in [-0.25, -0.2) is 4.98 Å². The molecule has 1 aromatic carbocycles. The maximum atomic E-state index is 12.8. The maximum absolute atomic E-state index is 12.8. The van der Waals surface area contributed by atoms with Crippen LogP contribution in [0.1, 0.15) is 16.8 Å². The van der Waals surface area contributed by atoms with E-state index in [0.29, 0.717) is 19.0 Å². The van der Waals surface area contributed by atoms with Crippen LogP contribution in [0.2, 0.25) is 0 Å². The topological polar surface area (TPSA) is 76.0 Å². The molecule has 0 saturated carbocycles. The van der Waals surface area contributed by atoms with E-state index in [4.69, 9.17) is 9.72 Å². The molecule has 0 spiro atoms. The van der Waals surface area contributed by atoms with Gasteiger partial charge in [-0.15, -0.1) is 0 Å². The van der Waals surface area contributed by atoms with Crippen molar-refractivity contribution in [1.82, 2.24) is 24.4 Å². The lowest BCUT2D eigenvalue weighted by Gasteiger charge is -2.27. The summed E-state index contributed by atoms with van der Waals surface area (Å²) in [5.74, 6) is 0.589. The molecule has 7 nitrogen and oxygen atoms in total. The van der Waals surface area contributed by atoms with Crippen molar-refractivity contribution in [3.05, 3.63) is 82.2 Å². The normalized spacial score (nSPS) is 14.1. The van der Waals surface area contributed by atoms with E-state index in [2.05, 4.69) is 49.9 Å². The fourth-order valence-corrected chi connectivity index (χ4v) is 4.32. The molecule has 0 saturated heterocycles. The SMILES string of the molecule is COCCn1cc(CN2CCc3nc(-c4cccnc4)[nH]c(=O)c3C2)c2ccccc21. The van der Waals surface area contributed by atoms with Crippen LogP contribution in [-0.2, 0) is 30.8 Å². The molecule has 0 radical (unpaired) electrons. The quantitative estimate of drug-likeness (QED) is 0.524. The second-order valence-electron chi connectivity index (χ2n) is 7.90. The molecule has 7 heteroatoms. The van der Waals surface area contributed by atoms with Gasteiger partial charge in [0, 0.05) is 74.8 Å². The lowest BCUT2D eigenvalue weighted by molar-refractivity contribution is 0.188. The number of aromatic nitrogens is 4. The standard InChI is InChI=1S/C24H25N5O2/c1-31-12-11-29-15-18(19-6-2-3-7-22(19)29)14-28-10-8-21-20(16-28)24(30)27-23(26-21)17-5-4-9-25-13-17/h2-7,9,13,15H,8,10-12,14,16H2,1H3,(H,26,27,30). The number of para-hydroxylation sites is 1. The monoisotopic (exact) mass is 415 g/mol. The van der Waals surface area contributed by atoms with Gasteiger partial charge in [-0.2, -0.15) is 0 Å². The average molecular weight is 415 g/mol. The number of nitrogens with zero attached hydrogens (tertiary/aromatic N) is 4. The van der Waals surface area contributed by atoms with Gasteiger partial charge in [-0.05, 0) is 23.8 Å². The second kappa shape index (κ2) is 8.45. The molecule has 158 valence electrons. The Kier molecular flexibility index (Phi) is 5.36. The van der Waals surface area contributed by atoms with E-state index in [1.807, 2.05) is 12.1 Å². The van der Waals surface area contributed by atoms with Crippen LogP contribution in [0, 0.1) is 0 Å². The Balaban J connectivity index is 1.40. The highest BCUT2D eigenvalue weighted by molar-refractivity contribution is 5.84. The lowest BCUT2D eigenvalue weighted by Crippen LogP contribution is -2.35. The van der Waals surface area contributed by atoms with Gasteiger partial charge >= 0.3 is 0 Å². The van der Waals surface area contributed by atoms with Crippen molar-refractivity contribution in [2.75, 3.05) is 20.3 Å². The molecule has 1 aliphatic rings. The highest BCUT2D eigenvalue weighted by Gasteiger charge is 2.22. The first kappa shape index (κ1) is 19.7. The summed E-state index contributed by atoms with van der Waals surface area (Å²) in [6.45, 7) is 3.76. The average Bonchev–Trinajstić information content (AvgIpc) is 3.16. The second-order valence-corrected chi connectivity index (χ2v) is 7.90. The number of nitrogens with one attached hydrogen (secondary N) is 1. The van der Waals surface area contributed by atoms with Gasteiger partial charge in [0.25, 0.3) is 5.56 Å². The summed E-state index contributed by atoms with van der Waals surface area (Å²) in [6, 6.07) is 12.2. The molecule has 5 rings (SSSR count). The van der Waals surface area contributed by atoms with Crippen molar-refractivity contribution in [3.63, 3.8) is 0 Å². The number of aromatic amines is 1. The molecule has 3 aromatic heterocycles. The number of rotatable bonds is 6. The van der Waals surface area contributed by atoms with E-state index in [-0.39, 0.29) is 5.56 Å². The van der Waals surface area contributed by atoms with Crippen LogP contribution < -0.4 is 5.56 Å². The molecule has 1 aliphatic heterocycles. The van der Waals surface area contributed by atoms with Gasteiger partial charge in [-0.1, -0.05) is 18.2 Å². The van der Waals surface area contributed by atoms with Crippen molar-refractivity contribution in [3.8, 4) is 11.4 Å². The van der Waals surface area contributed by atoms with E-state index < -0.39 is 0 Å². The van der Waals surface area contributed by atoms with Crippen LogP contribution in [0.5, 0.6) is 0 Å². The summed E-state index contributed by atoms with van der Waals surface area (Å²) < 4.78 is 7.52. The van der Waals surface area contributed by atoms with Crippen LogP contribution in [0.25, 0.3) is 22.3 Å². The third-order valence-corrected chi connectivity index (χ3v) is 5.88. The largest absolute Gasteiger partial charge is 0.383 e. The summed E-state index contributed by atoms with van der Waals surface area (Å²) in [4.78, 5) is 27.0. The van der Waals surface area contributed by atoms with E-state index in [0.717, 1.165) is 42.9 Å². The molecule has 31 heavy (non-hydrogen) atoms. The Labute approximate surface area is 180 Å². The number of fused-ring (bicyclic) bond motifs is 2. The third kappa shape index (κ3) is 3.89. The van der Waals surface area contributed by atoms with Crippen molar-refractivity contribution in [2.24, 2.45) is 0 Å². The van der Waals surface area contributed by atoms with Crippen molar-refractivity contribution in [2.45, 2.75) is 26.1 Å². The number of hydrogen-bond acceptors (Lipinski definition) is 5. The Morgan fingerprint density at radius 2 is 2.10 bits per heavy atom. The molecule has 0 fully saturated rings. The van der Waals surface area contributed by atoms with E-state index in [9.17, 15) is 4.79 Å². The van der Waals surface area contributed by atoms with E-state index in [1.165, 1.54) is 16.5 Å². The van der Waals surface area contributed by atoms with Crippen LogP contribution >= 0.6 is 0 Å². The maximum Gasteiger partial charge on any atom is 0.255 e. The number of benzene rings is 1. The zero-order chi connectivity index (χ0) is 21.2. The van der Waals surface area contributed by atoms with Gasteiger partial charge in [-0.3, -0.25) is 14.7 Å². The van der Waals surface area contributed by atoms with Gasteiger partial charge in [0.15, 0.2) is 0 Å². The van der Waals surface area contributed by atoms with Gasteiger partial charge in [0.2, 0.25) is 0 Å². The summed E-state index contributed by atoms with van der Waals surface area (Å²) in [5.41, 5.74) is 4.91. The van der Waals surface area contributed by atoms with Gasteiger partial charge < -0.3 is 14.3 Å². The first-order valence-corrected chi connectivity index (χ1v) is 10.5. The van der Waals surface area contributed by atoms with E-state index >= 15 is 0 Å². The Bertz CT molecular complexity index is 1260. The highest BCUT2D eigenvalue weighted by Crippen LogP contribution is 2.25. The molecule has 0 aliphatic carbocycles. The fraction of sp³-hybridized carbons (Fsp3) is 0.292. The first-order chi connectivity index (χ1) is 15.2. The number of H-pyrrole nitrogens is 1. The van der Waals surface area contributed by atoms with Crippen molar-refractivity contribution < 1.29 is 4.74 Å². The zero-order valence-electron chi connectivity index (χ0n) is 17.5. The van der Waals surface area contributed by atoms with Crippen molar-refractivity contribution in [1.29, 1.82) is 0 Å². The molecule has 4 aromatic rings. The number of pyridine rings is 1. The zero-order valence-corrected chi connectivity index (χ0v) is 17.5. The lowest BCUT2D eigenvalue weighted by atomic mass is 10.1. The number of methoxy groups -OCH3 is 1. The smallest absolute Gasteiger partial charge is 0.255 e. The molecule has 0 atom stereocenters. The predicted octanol–water partition coefficient (Wildman–Crippen LogP) is 2.99. The summed E-state index contributed by atoms with van der Waals surface area (Å²) in [7, 11) is 1.73. The van der Waals surface area contributed by atoms with Crippen LogP contribution in [0.3, 0.4) is 0 Å². The third-order valence-electron chi connectivity index (χ3n) is 5.88. The number of hydrogen-bond donors (Lipinski definition) is 1. The van der Waals surface area contributed by atoms with Crippen molar-refractivity contribution >= 4 is 10.9 Å².